The molecule has 0 saturated carbocycles. The van der Waals surface area contributed by atoms with Gasteiger partial charge in [-0.2, -0.15) is 0 Å². The maximum absolute atomic E-state index is 6.55. The zero-order valence-electron chi connectivity index (χ0n) is 28.5. The van der Waals surface area contributed by atoms with E-state index in [9.17, 15) is 0 Å². The van der Waals surface area contributed by atoms with Gasteiger partial charge < -0.3 is 4.42 Å². The van der Waals surface area contributed by atoms with Gasteiger partial charge in [-0.25, -0.2) is 19.9 Å². The van der Waals surface area contributed by atoms with Gasteiger partial charge in [0.25, 0.3) is 0 Å². The van der Waals surface area contributed by atoms with Gasteiger partial charge in [-0.05, 0) is 62.7 Å². The predicted molar refractivity (Wildman–Crippen MR) is 215 cm³/mol. The molecule has 0 unspecified atom stereocenters. The van der Waals surface area contributed by atoms with Gasteiger partial charge >= 0.3 is 0 Å². The lowest BCUT2D eigenvalue weighted by Gasteiger charge is -2.13. The number of rotatable bonds is 6. The topological polar surface area (TPSA) is 64.7 Å². The third kappa shape index (κ3) is 5.52. The normalized spacial score (nSPS) is 11.4. The largest absolute Gasteiger partial charge is 0.435 e. The first-order chi connectivity index (χ1) is 26.3. The highest BCUT2D eigenvalue weighted by Gasteiger charge is 2.20. The number of hydrogen-bond donors (Lipinski definition) is 0. The highest BCUT2D eigenvalue weighted by Crippen LogP contribution is 2.38. The maximum Gasteiger partial charge on any atom is 0.227 e. The van der Waals surface area contributed by atoms with E-state index < -0.39 is 0 Å². The van der Waals surface area contributed by atoms with Gasteiger partial charge in [0.2, 0.25) is 5.89 Å². The summed E-state index contributed by atoms with van der Waals surface area (Å²) in [5.74, 6) is 2.32. The minimum atomic E-state index is 0.559. The van der Waals surface area contributed by atoms with E-state index >= 15 is 0 Å². The molecule has 5 nitrogen and oxygen atoms in total. The van der Waals surface area contributed by atoms with E-state index in [1.165, 1.54) is 11.1 Å². The van der Waals surface area contributed by atoms with Gasteiger partial charge in [0.1, 0.15) is 5.52 Å². The third-order valence-corrected chi connectivity index (χ3v) is 9.77. The van der Waals surface area contributed by atoms with Crippen molar-refractivity contribution < 1.29 is 4.42 Å². The van der Waals surface area contributed by atoms with Crippen LogP contribution in [0.4, 0.5) is 0 Å². The molecule has 10 rings (SSSR count). The van der Waals surface area contributed by atoms with Gasteiger partial charge in [0.05, 0.1) is 0 Å². The van der Waals surface area contributed by atoms with E-state index in [0.29, 0.717) is 28.9 Å². The molecule has 248 valence electrons. The second kappa shape index (κ2) is 12.8. The SMILES string of the molecule is c1ccc(-c2nc3ccc4cccc(-c5nc(-c6cccc(-c7ccccc7-c7ccccc7)c6)nc(-c6cccc7ccccc67)n5)c4c3o2)cc1. The van der Waals surface area contributed by atoms with Crippen LogP contribution in [0.3, 0.4) is 0 Å². The lowest BCUT2D eigenvalue weighted by Crippen LogP contribution is -2.01. The number of benzene rings is 8. The van der Waals surface area contributed by atoms with Crippen molar-refractivity contribution in [1.29, 1.82) is 0 Å². The molecule has 0 atom stereocenters. The van der Waals surface area contributed by atoms with Crippen molar-refractivity contribution in [3.05, 3.63) is 182 Å². The fourth-order valence-corrected chi connectivity index (χ4v) is 7.24. The van der Waals surface area contributed by atoms with E-state index in [1.807, 2.05) is 48.5 Å². The fourth-order valence-electron chi connectivity index (χ4n) is 7.24. The van der Waals surface area contributed by atoms with Crippen LogP contribution in [0.2, 0.25) is 0 Å². The van der Waals surface area contributed by atoms with E-state index in [4.69, 9.17) is 24.4 Å². The molecule has 10 aromatic rings. The summed E-state index contributed by atoms with van der Waals surface area (Å²) in [5.41, 5.74) is 9.63. The summed E-state index contributed by atoms with van der Waals surface area (Å²) in [6, 6.07) is 62.4. The molecule has 5 heteroatoms. The molecule has 0 aliphatic carbocycles. The van der Waals surface area contributed by atoms with Crippen molar-refractivity contribution in [3.8, 4) is 67.9 Å². The average Bonchev–Trinajstić information content (AvgIpc) is 3.69. The molecule has 2 aromatic heterocycles. The third-order valence-electron chi connectivity index (χ3n) is 9.77. The Morgan fingerprint density at radius 1 is 0.340 bits per heavy atom. The maximum atomic E-state index is 6.55. The smallest absolute Gasteiger partial charge is 0.227 e. The summed E-state index contributed by atoms with van der Waals surface area (Å²) in [6.07, 6.45) is 0. The average molecular weight is 679 g/mol. The Labute approximate surface area is 305 Å². The predicted octanol–water partition coefficient (Wildman–Crippen LogP) is 12.3. The van der Waals surface area contributed by atoms with Crippen LogP contribution >= 0.6 is 0 Å². The molecule has 0 spiro atoms. The van der Waals surface area contributed by atoms with Crippen molar-refractivity contribution >= 4 is 32.6 Å². The zero-order valence-corrected chi connectivity index (χ0v) is 28.5. The molecule has 0 aliphatic heterocycles. The molecule has 2 heterocycles. The van der Waals surface area contributed by atoms with Gasteiger partial charge in [-0.1, -0.05) is 158 Å². The molecule has 0 fully saturated rings. The van der Waals surface area contributed by atoms with Gasteiger partial charge in [-0.3, -0.25) is 0 Å². The highest BCUT2D eigenvalue weighted by atomic mass is 16.3. The van der Waals surface area contributed by atoms with Crippen molar-refractivity contribution in [2.24, 2.45) is 0 Å². The Bertz CT molecular complexity index is 2950. The van der Waals surface area contributed by atoms with Crippen LogP contribution in [0.25, 0.3) is 101 Å². The quantitative estimate of drug-likeness (QED) is 0.175. The van der Waals surface area contributed by atoms with Crippen LogP contribution in [0.15, 0.2) is 186 Å². The lowest BCUT2D eigenvalue weighted by molar-refractivity contribution is 0.623. The Balaban J connectivity index is 1.20. The number of oxazole rings is 1. The molecule has 0 N–H and O–H groups in total. The van der Waals surface area contributed by atoms with Crippen LogP contribution in [0.1, 0.15) is 0 Å². The van der Waals surface area contributed by atoms with E-state index in [-0.39, 0.29) is 0 Å². The summed E-state index contributed by atoms with van der Waals surface area (Å²) < 4.78 is 6.55. The van der Waals surface area contributed by atoms with Crippen molar-refractivity contribution in [2.75, 3.05) is 0 Å². The minimum absolute atomic E-state index is 0.559. The number of fused-ring (bicyclic) bond motifs is 4. The van der Waals surface area contributed by atoms with Crippen LogP contribution in [-0.2, 0) is 0 Å². The molecule has 53 heavy (non-hydrogen) atoms. The summed E-state index contributed by atoms with van der Waals surface area (Å²) in [7, 11) is 0. The molecule has 0 radical (unpaired) electrons. The molecular formula is C48H30N4O. The summed E-state index contributed by atoms with van der Waals surface area (Å²) in [6.45, 7) is 0. The molecule has 0 bridgehead atoms. The van der Waals surface area contributed by atoms with Crippen LogP contribution < -0.4 is 0 Å². The van der Waals surface area contributed by atoms with Gasteiger partial charge in [0, 0.05) is 27.6 Å². The Kier molecular flexibility index (Phi) is 7.40. The number of aromatic nitrogens is 4. The highest BCUT2D eigenvalue weighted by molar-refractivity contribution is 6.11. The zero-order chi connectivity index (χ0) is 35.1. The van der Waals surface area contributed by atoms with E-state index in [2.05, 4.69) is 133 Å². The number of hydrogen-bond acceptors (Lipinski definition) is 5. The molecule has 0 aliphatic rings. The first-order valence-corrected chi connectivity index (χ1v) is 17.6. The Hall–Kier alpha value is -7.24. The van der Waals surface area contributed by atoms with Crippen LogP contribution in [0.5, 0.6) is 0 Å². The first kappa shape index (κ1) is 30.6. The van der Waals surface area contributed by atoms with Gasteiger partial charge in [0.15, 0.2) is 23.1 Å². The molecular weight excluding hydrogens is 649 g/mol. The van der Waals surface area contributed by atoms with Crippen molar-refractivity contribution in [2.45, 2.75) is 0 Å². The Morgan fingerprint density at radius 2 is 0.887 bits per heavy atom. The van der Waals surface area contributed by atoms with E-state index in [1.54, 1.807) is 0 Å². The first-order valence-electron chi connectivity index (χ1n) is 17.6. The standard InChI is InChI=1S/C48H30N4O/c1-3-14-31(15-4-1)37-23-9-10-25-39(37)35-21-11-22-36(30-35)45-50-46(40-26-12-19-32-16-7-8-24-38(32)40)52-47(51-45)41-27-13-20-33-28-29-42-44(43(33)41)53-48(49-42)34-17-5-2-6-18-34/h1-30H. The summed E-state index contributed by atoms with van der Waals surface area (Å²) in [5, 5.41) is 4.12. The monoisotopic (exact) mass is 678 g/mol. The van der Waals surface area contributed by atoms with Crippen LogP contribution in [0, 0.1) is 0 Å². The summed E-state index contributed by atoms with van der Waals surface area (Å²) >= 11 is 0. The second-order valence-electron chi connectivity index (χ2n) is 13.0. The van der Waals surface area contributed by atoms with Crippen LogP contribution in [-0.4, -0.2) is 19.9 Å². The number of nitrogens with zero attached hydrogens (tertiary/aromatic N) is 4. The lowest BCUT2D eigenvalue weighted by atomic mass is 9.93. The molecule has 0 amide bonds. The fraction of sp³-hybridized carbons (Fsp3) is 0. The van der Waals surface area contributed by atoms with E-state index in [0.717, 1.165) is 60.4 Å². The van der Waals surface area contributed by atoms with Crippen molar-refractivity contribution in [1.82, 2.24) is 19.9 Å². The molecule has 8 aromatic carbocycles. The van der Waals surface area contributed by atoms with Gasteiger partial charge in [-0.15, -0.1) is 0 Å². The second-order valence-corrected chi connectivity index (χ2v) is 13.0. The van der Waals surface area contributed by atoms with Crippen molar-refractivity contribution in [3.63, 3.8) is 0 Å². The molecule has 0 saturated heterocycles. The Morgan fingerprint density at radius 3 is 1.70 bits per heavy atom. The summed E-state index contributed by atoms with van der Waals surface area (Å²) in [4.78, 5) is 20.5. The minimum Gasteiger partial charge on any atom is -0.435 e.